The first-order valence-electron chi connectivity index (χ1n) is 18.2. The highest BCUT2D eigenvalue weighted by atomic mass is 31.1. The van der Waals surface area contributed by atoms with Gasteiger partial charge in [0.25, 0.3) is 0 Å². The number of rotatable bonds is 3. The SMILES string of the molecule is CC(C)(C)c1ccc(C2c3cccc(n3)C(c3ccc(C(C)(C)C)cc3)c3cccc(n3)P(c3ccc(C(C)(C)C)cc3)c3cccc2n3)cc1. The van der Waals surface area contributed by atoms with Crippen LogP contribution in [0.5, 0.6) is 0 Å². The van der Waals surface area contributed by atoms with Crippen LogP contribution in [0, 0.1) is 0 Å². The van der Waals surface area contributed by atoms with Crippen molar-refractivity contribution in [2.24, 2.45) is 0 Å². The molecule has 7 rings (SSSR count). The molecule has 4 heterocycles. The first-order chi connectivity index (χ1) is 24.2. The summed E-state index contributed by atoms with van der Waals surface area (Å²) in [5.41, 5.74) is 12.6. The molecule has 3 aromatic carbocycles. The molecule has 2 atom stereocenters. The fraction of sp³-hybridized carbons (Fsp3) is 0.298. The van der Waals surface area contributed by atoms with Crippen LogP contribution in [0.2, 0.25) is 0 Å². The fourth-order valence-electron chi connectivity index (χ4n) is 7.07. The number of nitrogens with zero attached hydrogens (tertiary/aromatic N) is 3. The summed E-state index contributed by atoms with van der Waals surface area (Å²) < 4.78 is 0. The third-order valence-corrected chi connectivity index (χ3v) is 12.4. The molecule has 3 nitrogen and oxygen atoms in total. The first kappa shape index (κ1) is 35.0. The van der Waals surface area contributed by atoms with Gasteiger partial charge in [0.1, 0.15) is 0 Å². The van der Waals surface area contributed by atoms with Crippen LogP contribution in [0.25, 0.3) is 0 Å². The van der Waals surface area contributed by atoms with Crippen molar-refractivity contribution in [1.29, 1.82) is 0 Å². The van der Waals surface area contributed by atoms with E-state index in [4.69, 9.17) is 15.0 Å². The molecule has 0 saturated heterocycles. The number of fused-ring (bicyclic) bond motifs is 6. The van der Waals surface area contributed by atoms with E-state index < -0.39 is 7.92 Å². The highest BCUT2D eigenvalue weighted by molar-refractivity contribution is 7.79. The van der Waals surface area contributed by atoms with Crippen molar-refractivity contribution in [1.82, 2.24) is 15.0 Å². The standard InChI is InChI=1S/C47H50N3P/c1-45(2,3)33-23-19-31(20-24-33)43-37-13-10-14-38(48-37)44(32-21-25-34(26-22-32)46(4,5)6)40-16-12-18-42(50-40)51(41-17-11-15-39(43)49-41)36-29-27-35(28-30-36)47(7,8)9/h10-30,43-44H,1-9H3. The molecule has 2 unspecified atom stereocenters. The molecule has 51 heavy (non-hydrogen) atoms. The molecule has 4 heteroatoms. The number of pyridine rings is 3. The van der Waals surface area contributed by atoms with Gasteiger partial charge in [-0.2, -0.15) is 0 Å². The number of hydrogen-bond donors (Lipinski definition) is 0. The second-order valence-corrected chi connectivity index (χ2v) is 19.2. The minimum Gasteiger partial charge on any atom is -0.256 e. The largest absolute Gasteiger partial charge is 0.256 e. The molecule has 3 aromatic heterocycles. The van der Waals surface area contributed by atoms with E-state index >= 15 is 0 Å². The van der Waals surface area contributed by atoms with Crippen LogP contribution in [0.1, 0.15) is 125 Å². The van der Waals surface area contributed by atoms with E-state index in [-0.39, 0.29) is 28.1 Å². The summed E-state index contributed by atoms with van der Waals surface area (Å²) >= 11 is 0. The highest BCUT2D eigenvalue weighted by Gasteiger charge is 2.29. The molecule has 1 aliphatic rings. The van der Waals surface area contributed by atoms with Crippen molar-refractivity contribution in [3.63, 3.8) is 0 Å². The normalized spacial score (nSPS) is 17.7. The molecular formula is C47H50N3P. The Bertz CT molecular complexity index is 1840. The molecule has 6 aromatic rings. The Morgan fingerprint density at radius 1 is 0.373 bits per heavy atom. The molecule has 6 bridgehead atoms. The predicted octanol–water partition coefficient (Wildman–Crippen LogP) is 10.2. The van der Waals surface area contributed by atoms with Gasteiger partial charge < -0.3 is 0 Å². The number of benzene rings is 3. The van der Waals surface area contributed by atoms with Crippen molar-refractivity contribution in [2.45, 2.75) is 90.4 Å². The Morgan fingerprint density at radius 3 is 1.04 bits per heavy atom. The molecule has 0 radical (unpaired) electrons. The zero-order valence-corrected chi connectivity index (χ0v) is 32.5. The van der Waals surface area contributed by atoms with Gasteiger partial charge >= 0.3 is 0 Å². The van der Waals surface area contributed by atoms with Crippen LogP contribution in [-0.2, 0) is 16.2 Å². The van der Waals surface area contributed by atoms with E-state index in [1.807, 2.05) is 0 Å². The summed E-state index contributed by atoms with van der Waals surface area (Å²) in [6, 6.07) is 47.0. The van der Waals surface area contributed by atoms with E-state index in [0.29, 0.717) is 0 Å². The average Bonchev–Trinajstić information content (AvgIpc) is 3.09. The second-order valence-electron chi connectivity index (χ2n) is 17.1. The maximum absolute atomic E-state index is 5.53. The molecule has 258 valence electrons. The predicted molar refractivity (Wildman–Crippen MR) is 216 cm³/mol. The maximum Gasteiger partial charge on any atom is 0.0740 e. The van der Waals surface area contributed by atoms with Crippen LogP contribution in [-0.4, -0.2) is 15.0 Å². The lowest BCUT2D eigenvalue weighted by molar-refractivity contribution is 0.589. The zero-order chi connectivity index (χ0) is 36.1. The van der Waals surface area contributed by atoms with Gasteiger partial charge in [-0.1, -0.05) is 153 Å². The molecule has 0 spiro atoms. The van der Waals surface area contributed by atoms with E-state index in [1.165, 1.54) is 33.1 Å². The average molecular weight is 688 g/mol. The highest BCUT2D eigenvalue weighted by Crippen LogP contribution is 2.39. The monoisotopic (exact) mass is 687 g/mol. The molecule has 0 N–H and O–H groups in total. The lowest BCUT2D eigenvalue weighted by atomic mass is 9.83. The van der Waals surface area contributed by atoms with Gasteiger partial charge in [0.05, 0.1) is 45.5 Å². The van der Waals surface area contributed by atoms with Crippen molar-refractivity contribution in [2.75, 3.05) is 0 Å². The summed E-state index contributed by atoms with van der Waals surface area (Å²) in [4.78, 5) is 16.6. The fourth-order valence-corrected chi connectivity index (χ4v) is 9.18. The molecule has 0 aliphatic carbocycles. The molecule has 0 fully saturated rings. The quantitative estimate of drug-likeness (QED) is 0.174. The van der Waals surface area contributed by atoms with Crippen LogP contribution >= 0.6 is 7.92 Å². The van der Waals surface area contributed by atoms with Crippen molar-refractivity contribution in [3.8, 4) is 0 Å². The Hall–Kier alpha value is -4.46. The summed E-state index contributed by atoms with van der Waals surface area (Å²) in [7, 11) is -1.05. The van der Waals surface area contributed by atoms with Gasteiger partial charge in [-0.3, -0.25) is 15.0 Å². The van der Waals surface area contributed by atoms with E-state index in [1.54, 1.807) is 0 Å². The molecule has 0 amide bonds. The Labute approximate surface area is 306 Å². The van der Waals surface area contributed by atoms with E-state index in [0.717, 1.165) is 33.6 Å². The van der Waals surface area contributed by atoms with Gasteiger partial charge in [-0.05, 0) is 85.8 Å². The number of hydrogen-bond acceptors (Lipinski definition) is 3. The van der Waals surface area contributed by atoms with Gasteiger partial charge in [0.2, 0.25) is 0 Å². The summed E-state index contributed by atoms with van der Waals surface area (Å²) in [5.74, 6) is -0.262. The van der Waals surface area contributed by atoms with Crippen molar-refractivity contribution in [3.05, 3.63) is 178 Å². The molecule has 1 aliphatic heterocycles. The summed E-state index contributed by atoms with van der Waals surface area (Å²) in [5, 5.41) is 1.25. The molecular weight excluding hydrogens is 638 g/mol. The van der Waals surface area contributed by atoms with Gasteiger partial charge in [0, 0.05) is 7.92 Å². The van der Waals surface area contributed by atoms with Crippen molar-refractivity contribution < 1.29 is 0 Å². The van der Waals surface area contributed by atoms with Gasteiger partial charge in [0.15, 0.2) is 0 Å². The minimum absolute atomic E-state index is 0.0647. The lowest BCUT2D eigenvalue weighted by Gasteiger charge is -2.26. The Morgan fingerprint density at radius 2 is 0.686 bits per heavy atom. The first-order valence-corrected chi connectivity index (χ1v) is 19.5. The second kappa shape index (κ2) is 13.3. The number of aromatic nitrogens is 3. The van der Waals surface area contributed by atoms with Crippen LogP contribution in [0.3, 0.4) is 0 Å². The summed E-state index contributed by atoms with van der Waals surface area (Å²) in [6.07, 6.45) is 0. The third-order valence-electron chi connectivity index (χ3n) is 10.2. The van der Waals surface area contributed by atoms with E-state index in [9.17, 15) is 0 Å². The Balaban J connectivity index is 1.48. The van der Waals surface area contributed by atoms with Gasteiger partial charge in [-0.15, -0.1) is 0 Å². The van der Waals surface area contributed by atoms with E-state index in [2.05, 4.69) is 190 Å². The van der Waals surface area contributed by atoms with Gasteiger partial charge in [-0.25, -0.2) is 0 Å². The summed E-state index contributed by atoms with van der Waals surface area (Å²) in [6.45, 7) is 20.4. The third kappa shape index (κ3) is 7.19. The maximum atomic E-state index is 5.53. The van der Waals surface area contributed by atoms with Crippen LogP contribution < -0.4 is 16.2 Å². The van der Waals surface area contributed by atoms with Crippen LogP contribution in [0.4, 0.5) is 0 Å². The van der Waals surface area contributed by atoms with Crippen LogP contribution in [0.15, 0.2) is 127 Å². The smallest absolute Gasteiger partial charge is 0.0740 e. The lowest BCUT2D eigenvalue weighted by Crippen LogP contribution is -2.28. The minimum atomic E-state index is -1.05. The zero-order valence-electron chi connectivity index (χ0n) is 31.6. The topological polar surface area (TPSA) is 38.7 Å². The Kier molecular flexibility index (Phi) is 9.09. The molecule has 0 saturated carbocycles. The van der Waals surface area contributed by atoms with Crippen molar-refractivity contribution >= 4 is 24.1 Å².